The second kappa shape index (κ2) is 27.1. The fourth-order valence-electron chi connectivity index (χ4n) is 6.83. The van der Waals surface area contributed by atoms with E-state index in [4.69, 9.17) is 28.4 Å². The van der Waals surface area contributed by atoms with E-state index < -0.39 is 53.9 Å². The number of ether oxygens (including phenoxy) is 6. The highest BCUT2D eigenvalue weighted by Gasteiger charge is 2.34. The SMILES string of the molecule is CCCNC(=O)c1cccc(CN2CCN(C(CCC(=O)OC)C(=O)OC)CCN(C(CCC(=O)OC)C(=O)OC)CCN(C(CCC(=O)OC)C(=O)OC)CC2)c1. The van der Waals surface area contributed by atoms with Crippen LogP contribution >= 0.6 is 0 Å². The molecule has 18 heteroatoms. The topological polar surface area (TPSA) is 200 Å². The highest BCUT2D eigenvalue weighted by molar-refractivity contribution is 5.94. The lowest BCUT2D eigenvalue weighted by atomic mass is 10.1. The summed E-state index contributed by atoms with van der Waals surface area (Å²) >= 11 is 0. The summed E-state index contributed by atoms with van der Waals surface area (Å²) < 4.78 is 30.2. The normalized spacial score (nSPS) is 16.6. The van der Waals surface area contributed by atoms with Gasteiger partial charge in [0.15, 0.2) is 0 Å². The molecular weight excluding hydrogens is 758 g/mol. The molecule has 1 fully saturated rings. The molecule has 0 aliphatic carbocycles. The Kier molecular flexibility index (Phi) is 23.1. The Labute approximate surface area is 341 Å². The third-order valence-electron chi connectivity index (χ3n) is 10.2. The zero-order valence-corrected chi connectivity index (χ0v) is 35.2. The summed E-state index contributed by atoms with van der Waals surface area (Å²) in [7, 11) is 7.61. The van der Waals surface area contributed by atoms with Gasteiger partial charge in [-0.05, 0) is 43.4 Å². The van der Waals surface area contributed by atoms with E-state index >= 15 is 0 Å². The first-order valence-corrected chi connectivity index (χ1v) is 19.6. The number of carbonyl (C=O) groups excluding carboxylic acids is 7. The Hall–Kier alpha value is -4.65. The lowest BCUT2D eigenvalue weighted by Crippen LogP contribution is -2.55. The average molecular weight is 822 g/mol. The molecule has 58 heavy (non-hydrogen) atoms. The number of benzene rings is 1. The van der Waals surface area contributed by atoms with Crippen LogP contribution in [0.3, 0.4) is 0 Å². The molecule has 18 nitrogen and oxygen atoms in total. The second-order valence-electron chi connectivity index (χ2n) is 13.8. The Balaban J connectivity index is 2.68. The number of amides is 1. The number of esters is 6. The number of hydrogen-bond donors (Lipinski definition) is 1. The van der Waals surface area contributed by atoms with Crippen molar-refractivity contribution in [2.24, 2.45) is 0 Å². The van der Waals surface area contributed by atoms with Crippen molar-refractivity contribution in [2.75, 3.05) is 102 Å². The van der Waals surface area contributed by atoms with Crippen LogP contribution in [0.2, 0.25) is 0 Å². The summed E-state index contributed by atoms with van der Waals surface area (Å²) in [6.45, 7) is 5.13. The van der Waals surface area contributed by atoms with Crippen molar-refractivity contribution in [2.45, 2.75) is 76.5 Å². The van der Waals surface area contributed by atoms with Gasteiger partial charge in [-0.25, -0.2) is 0 Å². The second-order valence-corrected chi connectivity index (χ2v) is 13.8. The Bertz CT molecular complexity index is 1440. The molecule has 326 valence electrons. The molecular formula is C40H63N5O13. The summed E-state index contributed by atoms with van der Waals surface area (Å²) in [6, 6.07) is 4.69. The fraction of sp³-hybridized carbons (Fsp3) is 0.675. The van der Waals surface area contributed by atoms with Crippen LogP contribution in [0, 0.1) is 0 Å². The molecule has 3 atom stereocenters. The average Bonchev–Trinajstić information content (AvgIpc) is 3.24. The van der Waals surface area contributed by atoms with Gasteiger partial charge in [-0.3, -0.25) is 53.2 Å². The summed E-state index contributed by atoms with van der Waals surface area (Å²) in [5, 5.41) is 2.91. The lowest BCUT2D eigenvalue weighted by Gasteiger charge is -2.39. The zero-order valence-electron chi connectivity index (χ0n) is 35.2. The fourth-order valence-corrected chi connectivity index (χ4v) is 6.83. The molecule has 1 aromatic carbocycles. The maximum atomic E-state index is 13.4. The van der Waals surface area contributed by atoms with Crippen molar-refractivity contribution < 1.29 is 62.0 Å². The van der Waals surface area contributed by atoms with Crippen molar-refractivity contribution in [3.8, 4) is 0 Å². The minimum atomic E-state index is -0.910. The number of rotatable bonds is 20. The van der Waals surface area contributed by atoms with Gasteiger partial charge in [0, 0.05) is 90.3 Å². The summed E-state index contributed by atoms with van der Waals surface area (Å²) in [5.74, 6) is -3.36. The minimum Gasteiger partial charge on any atom is -0.469 e. The maximum absolute atomic E-state index is 13.4. The van der Waals surface area contributed by atoms with Gasteiger partial charge in [0.25, 0.3) is 5.91 Å². The van der Waals surface area contributed by atoms with Gasteiger partial charge in [0.2, 0.25) is 0 Å². The van der Waals surface area contributed by atoms with E-state index in [9.17, 15) is 33.6 Å². The molecule has 0 aromatic heterocycles. The summed E-state index contributed by atoms with van der Waals surface area (Å²) in [4.78, 5) is 97.6. The van der Waals surface area contributed by atoms with Crippen LogP contribution in [0.4, 0.5) is 0 Å². The van der Waals surface area contributed by atoms with Gasteiger partial charge >= 0.3 is 35.8 Å². The summed E-state index contributed by atoms with van der Waals surface area (Å²) in [5.41, 5.74) is 1.37. The van der Waals surface area contributed by atoms with Crippen LogP contribution < -0.4 is 5.32 Å². The molecule has 1 N–H and O–H groups in total. The molecule has 2 rings (SSSR count). The van der Waals surface area contributed by atoms with Gasteiger partial charge < -0.3 is 33.7 Å². The number of carbonyl (C=O) groups is 7. The highest BCUT2D eigenvalue weighted by Crippen LogP contribution is 2.19. The monoisotopic (exact) mass is 821 g/mol. The summed E-state index contributed by atoms with van der Waals surface area (Å²) in [6.07, 6.45) is 0.883. The largest absolute Gasteiger partial charge is 0.469 e. The molecule has 0 bridgehead atoms. The molecule has 0 radical (unpaired) electrons. The molecule has 1 saturated heterocycles. The first kappa shape index (κ1) is 49.5. The van der Waals surface area contributed by atoms with E-state index in [-0.39, 0.29) is 70.6 Å². The van der Waals surface area contributed by atoms with E-state index in [1.165, 1.54) is 42.7 Å². The molecule has 1 aromatic rings. The van der Waals surface area contributed by atoms with Crippen molar-refractivity contribution >= 4 is 41.7 Å². The van der Waals surface area contributed by atoms with E-state index in [0.29, 0.717) is 44.8 Å². The third kappa shape index (κ3) is 16.7. The highest BCUT2D eigenvalue weighted by atomic mass is 16.5. The maximum Gasteiger partial charge on any atom is 0.323 e. The number of nitrogens with one attached hydrogen (secondary N) is 1. The van der Waals surface area contributed by atoms with Crippen LogP contribution in [-0.4, -0.2) is 181 Å². The van der Waals surface area contributed by atoms with Crippen molar-refractivity contribution in [3.63, 3.8) is 0 Å². The predicted molar refractivity (Wildman–Crippen MR) is 210 cm³/mol. The molecule has 1 amide bonds. The number of hydrogen-bond acceptors (Lipinski definition) is 17. The quantitative estimate of drug-likeness (QED) is 0.144. The molecule has 0 saturated carbocycles. The smallest absolute Gasteiger partial charge is 0.323 e. The van der Waals surface area contributed by atoms with Crippen LogP contribution in [0.25, 0.3) is 0 Å². The molecule has 1 aliphatic heterocycles. The van der Waals surface area contributed by atoms with E-state index in [1.54, 1.807) is 6.07 Å². The molecule has 1 aliphatic rings. The zero-order chi connectivity index (χ0) is 43.0. The Morgan fingerprint density at radius 3 is 1.29 bits per heavy atom. The van der Waals surface area contributed by atoms with Crippen molar-refractivity contribution in [3.05, 3.63) is 35.4 Å². The van der Waals surface area contributed by atoms with Gasteiger partial charge in [-0.1, -0.05) is 19.1 Å². The first-order chi connectivity index (χ1) is 27.8. The van der Waals surface area contributed by atoms with Crippen molar-refractivity contribution in [1.29, 1.82) is 0 Å². The van der Waals surface area contributed by atoms with Crippen LogP contribution in [0.5, 0.6) is 0 Å². The van der Waals surface area contributed by atoms with Gasteiger partial charge in [-0.15, -0.1) is 0 Å². The molecule has 1 heterocycles. The van der Waals surface area contributed by atoms with Gasteiger partial charge in [-0.2, -0.15) is 0 Å². The predicted octanol–water partition coefficient (Wildman–Crippen LogP) is 1.03. The first-order valence-electron chi connectivity index (χ1n) is 19.6. The van der Waals surface area contributed by atoms with E-state index in [1.807, 2.05) is 39.8 Å². The Morgan fingerprint density at radius 2 is 0.948 bits per heavy atom. The molecule has 0 spiro atoms. The van der Waals surface area contributed by atoms with Crippen LogP contribution in [0.1, 0.15) is 67.8 Å². The van der Waals surface area contributed by atoms with Crippen molar-refractivity contribution in [1.82, 2.24) is 24.9 Å². The molecule has 3 unspecified atom stereocenters. The van der Waals surface area contributed by atoms with E-state index in [0.717, 1.165) is 12.0 Å². The number of methoxy groups -OCH3 is 6. The number of nitrogens with zero attached hydrogens (tertiary/aromatic N) is 4. The third-order valence-corrected chi connectivity index (χ3v) is 10.2. The minimum absolute atomic E-state index is 0.0492. The van der Waals surface area contributed by atoms with Crippen LogP contribution in [-0.2, 0) is 63.7 Å². The lowest BCUT2D eigenvalue weighted by molar-refractivity contribution is -0.152. The van der Waals surface area contributed by atoms with Gasteiger partial charge in [0.1, 0.15) is 18.1 Å². The van der Waals surface area contributed by atoms with E-state index in [2.05, 4.69) is 10.2 Å². The standard InChI is InChI=1S/C40H63N5O13/c1-8-18-41-37(49)30-11-9-10-29(27-30)28-42-19-21-43(31(38(50)56-5)12-15-34(46)53-2)23-25-45(33(40(52)58-7)14-17-36(48)55-4)26-24-44(22-20-42)32(39(51)57-6)13-16-35(47)54-3/h9-11,27,31-33H,8,12-26,28H2,1-7H3,(H,41,49). The van der Waals surface area contributed by atoms with Gasteiger partial charge in [0.05, 0.1) is 42.7 Å². The Morgan fingerprint density at radius 1 is 0.569 bits per heavy atom. The van der Waals surface area contributed by atoms with Crippen LogP contribution in [0.15, 0.2) is 24.3 Å².